The number of hydrogen-bond donors (Lipinski definition) is 1. The lowest BCUT2D eigenvalue weighted by Crippen LogP contribution is -2.44. The van der Waals surface area contributed by atoms with Crippen LogP contribution in [-0.2, 0) is 11.2 Å². The van der Waals surface area contributed by atoms with Crippen LogP contribution in [0.4, 0.5) is 9.52 Å². The van der Waals surface area contributed by atoms with Crippen LogP contribution >= 0.6 is 11.3 Å². The van der Waals surface area contributed by atoms with Crippen molar-refractivity contribution in [1.82, 2.24) is 10.3 Å². The number of amides is 1. The minimum absolute atomic E-state index is 0.0764. The monoisotopic (exact) mass is 425 g/mol. The number of nitrogens with one attached hydrogen (secondary N) is 1. The van der Waals surface area contributed by atoms with Crippen LogP contribution in [0.15, 0.2) is 60.1 Å². The van der Waals surface area contributed by atoms with Gasteiger partial charge < -0.3 is 15.0 Å². The second-order valence-electron chi connectivity index (χ2n) is 7.35. The molecule has 1 aromatic heterocycles. The molecule has 3 aromatic rings. The molecule has 1 aliphatic heterocycles. The van der Waals surface area contributed by atoms with Crippen LogP contribution in [0.3, 0.4) is 0 Å². The number of aromatic nitrogens is 1. The fourth-order valence-corrected chi connectivity index (χ4v) is 4.24. The largest absolute Gasteiger partial charge is 0.457 e. The molecule has 0 radical (unpaired) electrons. The Morgan fingerprint density at radius 2 is 1.97 bits per heavy atom. The highest BCUT2D eigenvalue weighted by molar-refractivity contribution is 7.13. The average Bonchev–Trinajstić information content (AvgIpc) is 3.30. The van der Waals surface area contributed by atoms with E-state index in [9.17, 15) is 9.18 Å². The SMILES string of the molecule is O=C(CCc1cccc(Oc2ccc(F)cc2)c1)NC1CCN(c2nccs2)CC1. The summed E-state index contributed by atoms with van der Waals surface area (Å²) >= 11 is 1.65. The minimum atomic E-state index is -0.295. The number of benzene rings is 2. The van der Waals surface area contributed by atoms with E-state index in [1.807, 2.05) is 35.8 Å². The average molecular weight is 426 g/mol. The second kappa shape index (κ2) is 9.71. The third-order valence-electron chi connectivity index (χ3n) is 5.14. The molecule has 4 rings (SSSR count). The van der Waals surface area contributed by atoms with Gasteiger partial charge in [-0.05, 0) is 61.2 Å². The molecule has 0 saturated carbocycles. The molecule has 156 valence electrons. The summed E-state index contributed by atoms with van der Waals surface area (Å²) in [6.45, 7) is 1.84. The van der Waals surface area contributed by atoms with Crippen molar-refractivity contribution < 1.29 is 13.9 Å². The van der Waals surface area contributed by atoms with Crippen LogP contribution in [0.1, 0.15) is 24.8 Å². The number of aryl methyl sites for hydroxylation is 1. The Labute approximate surface area is 179 Å². The number of thiazole rings is 1. The molecule has 5 nitrogen and oxygen atoms in total. The van der Waals surface area contributed by atoms with Gasteiger partial charge in [0.05, 0.1) is 0 Å². The van der Waals surface area contributed by atoms with Crippen LogP contribution < -0.4 is 15.0 Å². The summed E-state index contributed by atoms with van der Waals surface area (Å²) in [5.41, 5.74) is 1.03. The van der Waals surface area contributed by atoms with E-state index in [1.54, 1.807) is 23.5 Å². The normalized spacial score (nSPS) is 14.5. The molecule has 30 heavy (non-hydrogen) atoms. The molecule has 1 amide bonds. The Hall–Kier alpha value is -2.93. The van der Waals surface area contributed by atoms with Crippen molar-refractivity contribution >= 4 is 22.4 Å². The molecule has 1 N–H and O–H groups in total. The third kappa shape index (κ3) is 5.57. The summed E-state index contributed by atoms with van der Waals surface area (Å²) in [6, 6.07) is 13.8. The van der Waals surface area contributed by atoms with Gasteiger partial charge in [0.15, 0.2) is 5.13 Å². The van der Waals surface area contributed by atoms with Crippen molar-refractivity contribution in [2.24, 2.45) is 0 Å². The first-order chi connectivity index (χ1) is 14.7. The lowest BCUT2D eigenvalue weighted by atomic mass is 10.0. The van der Waals surface area contributed by atoms with Gasteiger partial charge in [0.1, 0.15) is 17.3 Å². The van der Waals surface area contributed by atoms with Gasteiger partial charge in [0.25, 0.3) is 0 Å². The van der Waals surface area contributed by atoms with E-state index in [-0.39, 0.29) is 17.8 Å². The summed E-state index contributed by atoms with van der Waals surface area (Å²) in [5, 5.41) is 6.21. The summed E-state index contributed by atoms with van der Waals surface area (Å²) < 4.78 is 18.8. The van der Waals surface area contributed by atoms with Crippen molar-refractivity contribution in [2.45, 2.75) is 31.7 Å². The maximum absolute atomic E-state index is 13.0. The lowest BCUT2D eigenvalue weighted by molar-refractivity contribution is -0.121. The zero-order chi connectivity index (χ0) is 20.8. The minimum Gasteiger partial charge on any atom is -0.457 e. The van der Waals surface area contributed by atoms with Gasteiger partial charge in [0.2, 0.25) is 5.91 Å². The standard InChI is InChI=1S/C23H24FN3O2S/c24-18-5-7-20(8-6-18)29-21-3-1-2-17(16-21)4-9-22(28)26-19-10-13-27(14-11-19)23-25-12-15-30-23/h1-3,5-8,12,15-16,19H,4,9-11,13-14H2,(H,26,28). The van der Waals surface area contributed by atoms with Crippen molar-refractivity contribution in [2.75, 3.05) is 18.0 Å². The summed E-state index contributed by atoms with van der Waals surface area (Å²) in [7, 11) is 0. The van der Waals surface area contributed by atoms with E-state index in [1.165, 1.54) is 12.1 Å². The van der Waals surface area contributed by atoms with Crippen molar-refractivity contribution in [3.63, 3.8) is 0 Å². The van der Waals surface area contributed by atoms with E-state index >= 15 is 0 Å². The third-order valence-corrected chi connectivity index (χ3v) is 5.97. The first-order valence-corrected chi connectivity index (χ1v) is 11.0. The highest BCUT2D eigenvalue weighted by Crippen LogP contribution is 2.24. The molecule has 1 aliphatic rings. The zero-order valence-corrected chi connectivity index (χ0v) is 17.4. The Morgan fingerprint density at radius 3 is 2.70 bits per heavy atom. The van der Waals surface area contributed by atoms with E-state index in [4.69, 9.17) is 4.74 Å². The summed E-state index contributed by atoms with van der Waals surface area (Å²) in [6.07, 6.45) is 4.78. The molecule has 0 aliphatic carbocycles. The molecule has 7 heteroatoms. The molecule has 0 spiro atoms. The Morgan fingerprint density at radius 1 is 1.17 bits per heavy atom. The predicted octanol–water partition coefficient (Wildman–Crippen LogP) is 4.79. The number of carbonyl (C=O) groups is 1. The number of nitrogens with zero attached hydrogens (tertiary/aromatic N) is 2. The van der Waals surface area contributed by atoms with Crippen LogP contribution in [0.25, 0.3) is 0 Å². The number of anilines is 1. The number of piperidine rings is 1. The number of rotatable bonds is 7. The van der Waals surface area contributed by atoms with Crippen molar-refractivity contribution in [3.05, 3.63) is 71.5 Å². The van der Waals surface area contributed by atoms with Gasteiger partial charge in [-0.2, -0.15) is 0 Å². The quantitative estimate of drug-likeness (QED) is 0.591. The fourth-order valence-electron chi connectivity index (χ4n) is 3.55. The van der Waals surface area contributed by atoms with Gasteiger partial charge >= 0.3 is 0 Å². The number of carbonyl (C=O) groups excluding carboxylic acids is 1. The van der Waals surface area contributed by atoms with Gasteiger partial charge in [-0.1, -0.05) is 12.1 Å². The molecule has 2 heterocycles. The zero-order valence-electron chi connectivity index (χ0n) is 16.6. The molecule has 0 unspecified atom stereocenters. The predicted molar refractivity (Wildman–Crippen MR) is 117 cm³/mol. The lowest BCUT2D eigenvalue weighted by Gasteiger charge is -2.32. The number of hydrogen-bond acceptors (Lipinski definition) is 5. The van der Waals surface area contributed by atoms with Gasteiger partial charge in [-0.25, -0.2) is 9.37 Å². The summed E-state index contributed by atoms with van der Waals surface area (Å²) in [5.74, 6) is 1.04. The van der Waals surface area contributed by atoms with Crippen LogP contribution in [-0.4, -0.2) is 30.0 Å². The molecular weight excluding hydrogens is 401 g/mol. The van der Waals surface area contributed by atoms with Gasteiger partial charge in [-0.15, -0.1) is 11.3 Å². The van der Waals surface area contributed by atoms with Crippen LogP contribution in [0.2, 0.25) is 0 Å². The molecule has 0 bridgehead atoms. The van der Waals surface area contributed by atoms with Crippen LogP contribution in [0, 0.1) is 5.82 Å². The van der Waals surface area contributed by atoms with E-state index in [0.717, 1.165) is 36.6 Å². The maximum atomic E-state index is 13.0. The summed E-state index contributed by atoms with van der Waals surface area (Å²) in [4.78, 5) is 19.0. The molecule has 2 aromatic carbocycles. The van der Waals surface area contributed by atoms with Gasteiger partial charge in [0, 0.05) is 37.1 Å². The highest BCUT2D eigenvalue weighted by Gasteiger charge is 2.21. The molecule has 1 saturated heterocycles. The topological polar surface area (TPSA) is 54.5 Å². The first-order valence-electron chi connectivity index (χ1n) is 10.1. The van der Waals surface area contributed by atoms with E-state index in [2.05, 4.69) is 15.2 Å². The van der Waals surface area contributed by atoms with Gasteiger partial charge in [-0.3, -0.25) is 4.79 Å². The molecule has 1 fully saturated rings. The van der Waals surface area contributed by atoms with E-state index in [0.29, 0.717) is 24.3 Å². The molecular formula is C23H24FN3O2S. The van der Waals surface area contributed by atoms with E-state index < -0.39 is 0 Å². The number of ether oxygens (including phenoxy) is 1. The Bertz CT molecular complexity index is 955. The number of halogens is 1. The molecule has 0 atom stereocenters. The first kappa shape index (κ1) is 20.3. The fraction of sp³-hybridized carbons (Fsp3) is 0.304. The van der Waals surface area contributed by atoms with Crippen LogP contribution in [0.5, 0.6) is 11.5 Å². The smallest absolute Gasteiger partial charge is 0.220 e. The maximum Gasteiger partial charge on any atom is 0.220 e. The Kier molecular flexibility index (Phi) is 6.59. The second-order valence-corrected chi connectivity index (χ2v) is 8.22. The van der Waals surface area contributed by atoms with Crippen molar-refractivity contribution in [3.8, 4) is 11.5 Å². The Balaban J connectivity index is 1.23. The van der Waals surface area contributed by atoms with Crippen molar-refractivity contribution in [1.29, 1.82) is 0 Å². The highest BCUT2D eigenvalue weighted by atomic mass is 32.1.